The van der Waals surface area contributed by atoms with Crippen LogP contribution in [0, 0.1) is 0 Å². The molecule has 0 radical (unpaired) electrons. The van der Waals surface area contributed by atoms with Crippen LogP contribution < -0.4 is 5.73 Å². The van der Waals surface area contributed by atoms with E-state index in [0.29, 0.717) is 15.7 Å². The molecule has 0 heterocycles. The maximum atomic E-state index is 6.10. The Bertz CT molecular complexity index is 572. The van der Waals surface area contributed by atoms with Crippen molar-refractivity contribution in [3.8, 4) is 0 Å². The zero-order valence-electron chi connectivity index (χ0n) is 9.29. The molecule has 2 aromatic carbocycles. The summed E-state index contributed by atoms with van der Waals surface area (Å²) < 4.78 is 0. The zero-order valence-corrected chi connectivity index (χ0v) is 12.4. The van der Waals surface area contributed by atoms with E-state index in [1.807, 2.05) is 24.3 Å². The first-order valence-corrected chi connectivity index (χ1v) is 7.30. The van der Waals surface area contributed by atoms with E-state index in [-0.39, 0.29) is 0 Å². The topological polar surface area (TPSA) is 26.0 Å². The summed E-state index contributed by atoms with van der Waals surface area (Å²) in [6.07, 6.45) is 0. The molecule has 0 saturated heterocycles. The minimum Gasteiger partial charge on any atom is -0.398 e. The van der Waals surface area contributed by atoms with Crippen molar-refractivity contribution >= 4 is 52.3 Å². The third-order valence-electron chi connectivity index (χ3n) is 2.39. The van der Waals surface area contributed by atoms with Gasteiger partial charge in [0.15, 0.2) is 0 Å². The van der Waals surface area contributed by atoms with Crippen LogP contribution in [-0.4, -0.2) is 0 Å². The fourth-order valence-electron chi connectivity index (χ4n) is 1.44. The summed E-state index contributed by atoms with van der Waals surface area (Å²) in [6.45, 7) is 0. The maximum absolute atomic E-state index is 6.10. The molecule has 2 rings (SSSR count). The highest BCUT2D eigenvalue weighted by molar-refractivity contribution is 7.98. The third kappa shape index (κ3) is 3.27. The lowest BCUT2D eigenvalue weighted by Gasteiger charge is -2.08. The van der Waals surface area contributed by atoms with Gasteiger partial charge >= 0.3 is 0 Å². The molecule has 0 saturated carbocycles. The van der Waals surface area contributed by atoms with Crippen LogP contribution in [-0.2, 0) is 5.75 Å². The number of halogens is 3. The standard InChI is InChI=1S/C13H10Cl3NS/c14-9-4-2-1-3-8(9)7-18-13-6-11(16)10(15)5-12(13)17/h1-6H,7,17H2. The number of hydrogen-bond acceptors (Lipinski definition) is 2. The Hall–Kier alpha value is -0.540. The van der Waals surface area contributed by atoms with E-state index in [0.717, 1.165) is 21.2 Å². The molecule has 2 aromatic rings. The van der Waals surface area contributed by atoms with Crippen molar-refractivity contribution in [1.82, 2.24) is 0 Å². The van der Waals surface area contributed by atoms with Gasteiger partial charge < -0.3 is 5.73 Å². The Morgan fingerprint density at radius 1 is 0.944 bits per heavy atom. The normalized spacial score (nSPS) is 10.6. The Labute approximate surface area is 125 Å². The van der Waals surface area contributed by atoms with E-state index in [9.17, 15) is 0 Å². The molecule has 0 bridgehead atoms. The molecule has 18 heavy (non-hydrogen) atoms. The van der Waals surface area contributed by atoms with Gasteiger partial charge in [-0.3, -0.25) is 0 Å². The van der Waals surface area contributed by atoms with Gasteiger partial charge in [-0.25, -0.2) is 0 Å². The van der Waals surface area contributed by atoms with Gasteiger partial charge in [-0.15, -0.1) is 11.8 Å². The van der Waals surface area contributed by atoms with Crippen molar-refractivity contribution in [3.05, 3.63) is 57.0 Å². The first-order valence-electron chi connectivity index (χ1n) is 5.18. The molecule has 94 valence electrons. The Morgan fingerprint density at radius 3 is 2.33 bits per heavy atom. The number of nitrogen functional groups attached to an aromatic ring is 1. The van der Waals surface area contributed by atoms with E-state index in [4.69, 9.17) is 40.5 Å². The fraction of sp³-hybridized carbons (Fsp3) is 0.0769. The molecule has 0 unspecified atom stereocenters. The van der Waals surface area contributed by atoms with Crippen LogP contribution >= 0.6 is 46.6 Å². The van der Waals surface area contributed by atoms with Crippen LogP contribution in [0.2, 0.25) is 15.1 Å². The van der Waals surface area contributed by atoms with E-state index < -0.39 is 0 Å². The van der Waals surface area contributed by atoms with Crippen molar-refractivity contribution in [3.63, 3.8) is 0 Å². The first kappa shape index (κ1) is 13.9. The quantitative estimate of drug-likeness (QED) is 0.595. The molecule has 2 N–H and O–H groups in total. The Kier molecular flexibility index (Phi) is 4.68. The van der Waals surface area contributed by atoms with Crippen LogP contribution in [0.5, 0.6) is 0 Å². The highest BCUT2D eigenvalue weighted by atomic mass is 35.5. The molecule has 0 aliphatic rings. The molecule has 0 fully saturated rings. The molecule has 0 aliphatic carbocycles. The Morgan fingerprint density at radius 2 is 1.61 bits per heavy atom. The lowest BCUT2D eigenvalue weighted by Crippen LogP contribution is -1.90. The molecule has 0 aliphatic heterocycles. The average molecular weight is 319 g/mol. The van der Waals surface area contributed by atoms with E-state index >= 15 is 0 Å². The summed E-state index contributed by atoms with van der Waals surface area (Å²) in [5.41, 5.74) is 7.59. The molecule has 0 atom stereocenters. The van der Waals surface area contributed by atoms with Crippen LogP contribution in [0.3, 0.4) is 0 Å². The predicted octanol–water partition coefficient (Wildman–Crippen LogP) is 5.52. The summed E-state index contributed by atoms with van der Waals surface area (Å²) in [5, 5.41) is 1.73. The summed E-state index contributed by atoms with van der Waals surface area (Å²) >= 11 is 19.5. The van der Waals surface area contributed by atoms with Crippen molar-refractivity contribution in [2.75, 3.05) is 5.73 Å². The van der Waals surface area contributed by atoms with E-state index in [2.05, 4.69) is 0 Å². The van der Waals surface area contributed by atoms with E-state index in [1.165, 1.54) is 0 Å². The number of benzene rings is 2. The summed E-state index contributed by atoms with van der Waals surface area (Å²) in [5.74, 6) is 0.738. The van der Waals surface area contributed by atoms with Crippen molar-refractivity contribution in [2.45, 2.75) is 10.6 Å². The van der Waals surface area contributed by atoms with Gasteiger partial charge in [0.25, 0.3) is 0 Å². The lowest BCUT2D eigenvalue weighted by atomic mass is 10.2. The fourth-order valence-corrected chi connectivity index (χ4v) is 3.11. The van der Waals surface area contributed by atoms with Crippen LogP contribution in [0.25, 0.3) is 0 Å². The van der Waals surface area contributed by atoms with Crippen LogP contribution in [0.4, 0.5) is 5.69 Å². The SMILES string of the molecule is Nc1cc(Cl)c(Cl)cc1SCc1ccccc1Cl. The van der Waals surface area contributed by atoms with Gasteiger partial charge in [0.05, 0.1) is 10.0 Å². The van der Waals surface area contributed by atoms with Crippen molar-refractivity contribution in [1.29, 1.82) is 0 Å². The summed E-state index contributed by atoms with van der Waals surface area (Å²) in [7, 11) is 0. The second kappa shape index (κ2) is 6.07. The second-order valence-corrected chi connectivity index (χ2v) is 5.92. The average Bonchev–Trinajstić information content (AvgIpc) is 2.34. The molecule has 5 heteroatoms. The van der Waals surface area contributed by atoms with Gasteiger partial charge in [0.2, 0.25) is 0 Å². The van der Waals surface area contributed by atoms with Gasteiger partial charge in [-0.05, 0) is 23.8 Å². The molecule has 1 nitrogen and oxygen atoms in total. The first-order chi connectivity index (χ1) is 8.58. The number of nitrogens with two attached hydrogens (primary N) is 1. The highest BCUT2D eigenvalue weighted by Gasteiger charge is 2.07. The van der Waals surface area contributed by atoms with Crippen LogP contribution in [0.15, 0.2) is 41.3 Å². The van der Waals surface area contributed by atoms with Gasteiger partial charge in [-0.1, -0.05) is 53.0 Å². The monoisotopic (exact) mass is 317 g/mol. The Balaban J connectivity index is 2.16. The van der Waals surface area contributed by atoms with Gasteiger partial charge in [0, 0.05) is 21.4 Å². The largest absolute Gasteiger partial charge is 0.398 e. The number of rotatable bonds is 3. The molecule has 0 amide bonds. The predicted molar refractivity (Wildman–Crippen MR) is 81.9 cm³/mol. The zero-order chi connectivity index (χ0) is 13.1. The molecular formula is C13H10Cl3NS. The maximum Gasteiger partial charge on any atom is 0.0613 e. The van der Waals surface area contributed by atoms with Crippen LogP contribution in [0.1, 0.15) is 5.56 Å². The van der Waals surface area contributed by atoms with Crippen molar-refractivity contribution in [2.24, 2.45) is 0 Å². The number of hydrogen-bond donors (Lipinski definition) is 1. The molecule has 0 spiro atoms. The molecular weight excluding hydrogens is 309 g/mol. The van der Waals surface area contributed by atoms with Crippen molar-refractivity contribution < 1.29 is 0 Å². The minimum absolute atomic E-state index is 0.469. The smallest absolute Gasteiger partial charge is 0.0613 e. The minimum atomic E-state index is 0.469. The lowest BCUT2D eigenvalue weighted by molar-refractivity contribution is 1.38. The molecule has 0 aromatic heterocycles. The number of anilines is 1. The third-order valence-corrected chi connectivity index (χ3v) is 4.60. The van der Waals surface area contributed by atoms with Gasteiger partial charge in [-0.2, -0.15) is 0 Å². The highest BCUT2D eigenvalue weighted by Crippen LogP contribution is 2.35. The van der Waals surface area contributed by atoms with Gasteiger partial charge in [0.1, 0.15) is 0 Å². The summed E-state index contributed by atoms with van der Waals surface area (Å²) in [6, 6.07) is 11.2. The van der Waals surface area contributed by atoms with E-state index in [1.54, 1.807) is 23.9 Å². The summed E-state index contributed by atoms with van der Waals surface area (Å²) in [4.78, 5) is 0.907. The number of thioether (sulfide) groups is 1. The second-order valence-electron chi connectivity index (χ2n) is 3.68.